The van der Waals surface area contributed by atoms with Crippen LogP contribution in [0.3, 0.4) is 0 Å². The van der Waals surface area contributed by atoms with Crippen molar-refractivity contribution < 1.29 is 18.7 Å². The topological polar surface area (TPSA) is 96.7 Å². The molecule has 1 fully saturated rings. The second kappa shape index (κ2) is 10.7. The van der Waals surface area contributed by atoms with E-state index >= 15 is 0 Å². The lowest BCUT2D eigenvalue weighted by Crippen LogP contribution is -2.43. The Morgan fingerprint density at radius 3 is 2.77 bits per heavy atom. The summed E-state index contributed by atoms with van der Waals surface area (Å²) in [6.07, 6.45) is 0. The van der Waals surface area contributed by atoms with Crippen LogP contribution in [0.5, 0.6) is 0 Å². The Hall–Kier alpha value is -2.52. The quantitative estimate of drug-likeness (QED) is 0.423. The van der Waals surface area contributed by atoms with Crippen LogP contribution >= 0.6 is 11.6 Å². The van der Waals surface area contributed by atoms with E-state index in [1.54, 1.807) is 6.07 Å². The number of alkyl halides is 1. The van der Waals surface area contributed by atoms with Crippen LogP contribution in [-0.4, -0.2) is 47.9 Å². The SMILES string of the molecule is CCN1NCC(Cl)C1c1cc(F)cc(C(=O)NC[C@@H](N)C(=O)OCc2ccccc2)c1. The predicted octanol–water partition coefficient (Wildman–Crippen LogP) is 2.11. The van der Waals surface area contributed by atoms with Gasteiger partial charge in [-0.05, 0) is 29.3 Å². The van der Waals surface area contributed by atoms with Gasteiger partial charge in [0, 0.05) is 25.2 Å². The number of hydrogen-bond acceptors (Lipinski definition) is 6. The lowest BCUT2D eigenvalue weighted by atomic mass is 10.0. The number of benzene rings is 2. The molecule has 0 saturated carbocycles. The Morgan fingerprint density at radius 2 is 2.06 bits per heavy atom. The molecule has 0 aliphatic carbocycles. The van der Waals surface area contributed by atoms with E-state index in [0.717, 1.165) is 11.6 Å². The van der Waals surface area contributed by atoms with Crippen LogP contribution in [0.2, 0.25) is 0 Å². The number of carbonyl (C=O) groups excluding carboxylic acids is 2. The molecule has 1 amide bonds. The van der Waals surface area contributed by atoms with Crippen molar-refractivity contribution >= 4 is 23.5 Å². The number of rotatable bonds is 8. The Morgan fingerprint density at radius 1 is 1.32 bits per heavy atom. The first-order valence-electron chi connectivity index (χ1n) is 10.1. The van der Waals surface area contributed by atoms with E-state index in [1.807, 2.05) is 42.3 Å². The second-order valence-corrected chi connectivity index (χ2v) is 7.85. The van der Waals surface area contributed by atoms with Crippen molar-refractivity contribution in [2.24, 2.45) is 5.73 Å². The summed E-state index contributed by atoms with van der Waals surface area (Å²) in [5.74, 6) is -1.71. The average Bonchev–Trinajstić information content (AvgIpc) is 3.16. The van der Waals surface area contributed by atoms with Crippen LogP contribution in [0, 0.1) is 5.82 Å². The monoisotopic (exact) mass is 448 g/mol. The molecular weight excluding hydrogens is 423 g/mol. The van der Waals surface area contributed by atoms with Crippen LogP contribution < -0.4 is 16.5 Å². The van der Waals surface area contributed by atoms with E-state index in [4.69, 9.17) is 22.1 Å². The van der Waals surface area contributed by atoms with Crippen molar-refractivity contribution in [2.75, 3.05) is 19.6 Å². The molecule has 0 spiro atoms. The maximum atomic E-state index is 14.2. The van der Waals surface area contributed by atoms with Gasteiger partial charge in [0.25, 0.3) is 5.91 Å². The highest BCUT2D eigenvalue weighted by atomic mass is 35.5. The minimum Gasteiger partial charge on any atom is -0.460 e. The van der Waals surface area contributed by atoms with Crippen LogP contribution in [-0.2, 0) is 16.1 Å². The molecule has 0 radical (unpaired) electrons. The number of amides is 1. The average molecular weight is 449 g/mol. The van der Waals surface area contributed by atoms with Gasteiger partial charge in [-0.2, -0.15) is 0 Å². The van der Waals surface area contributed by atoms with E-state index in [2.05, 4.69) is 10.7 Å². The van der Waals surface area contributed by atoms with Crippen molar-refractivity contribution in [3.8, 4) is 0 Å². The van der Waals surface area contributed by atoms with Crippen molar-refractivity contribution in [3.05, 3.63) is 71.0 Å². The fourth-order valence-corrected chi connectivity index (χ4v) is 3.80. The summed E-state index contributed by atoms with van der Waals surface area (Å²) in [4.78, 5) is 24.6. The molecule has 31 heavy (non-hydrogen) atoms. The summed E-state index contributed by atoms with van der Waals surface area (Å²) in [7, 11) is 0. The molecule has 0 bridgehead atoms. The van der Waals surface area contributed by atoms with Gasteiger partial charge >= 0.3 is 5.97 Å². The Labute approximate surface area is 185 Å². The third-order valence-corrected chi connectivity index (χ3v) is 5.43. The smallest absolute Gasteiger partial charge is 0.325 e. The predicted molar refractivity (Wildman–Crippen MR) is 116 cm³/mol. The van der Waals surface area contributed by atoms with Gasteiger partial charge in [0.05, 0.1) is 11.4 Å². The zero-order valence-electron chi connectivity index (χ0n) is 17.2. The zero-order valence-corrected chi connectivity index (χ0v) is 17.9. The summed E-state index contributed by atoms with van der Waals surface area (Å²) in [5, 5.41) is 4.22. The molecule has 7 nitrogen and oxygen atoms in total. The first kappa shape index (κ1) is 23.1. The summed E-state index contributed by atoms with van der Waals surface area (Å²) in [6.45, 7) is 3.14. The van der Waals surface area contributed by atoms with E-state index in [9.17, 15) is 14.0 Å². The van der Waals surface area contributed by atoms with E-state index in [1.165, 1.54) is 6.07 Å². The summed E-state index contributed by atoms with van der Waals surface area (Å²) < 4.78 is 19.4. The van der Waals surface area contributed by atoms with Crippen molar-refractivity contribution in [1.82, 2.24) is 15.8 Å². The molecule has 3 atom stereocenters. The first-order valence-corrected chi connectivity index (χ1v) is 10.5. The third-order valence-electron chi connectivity index (χ3n) is 5.04. The Kier molecular flexibility index (Phi) is 7.97. The van der Waals surface area contributed by atoms with Gasteiger partial charge in [-0.3, -0.25) is 15.0 Å². The normalized spacial score (nSPS) is 19.7. The second-order valence-electron chi connectivity index (χ2n) is 7.29. The molecule has 0 aromatic heterocycles. The molecule has 9 heteroatoms. The maximum absolute atomic E-state index is 14.2. The van der Waals surface area contributed by atoms with Gasteiger partial charge in [-0.1, -0.05) is 37.3 Å². The van der Waals surface area contributed by atoms with Gasteiger partial charge in [0.2, 0.25) is 0 Å². The number of carbonyl (C=O) groups is 2. The molecule has 1 heterocycles. The summed E-state index contributed by atoms with van der Waals surface area (Å²) >= 11 is 6.39. The maximum Gasteiger partial charge on any atom is 0.325 e. The third kappa shape index (κ3) is 6.01. The fraction of sp³-hybridized carbons (Fsp3) is 0.364. The molecule has 1 saturated heterocycles. The summed E-state index contributed by atoms with van der Waals surface area (Å²) in [5.41, 5.74) is 10.5. The molecule has 3 rings (SSSR count). The lowest BCUT2D eigenvalue weighted by Gasteiger charge is -2.24. The number of nitrogens with zero attached hydrogens (tertiary/aromatic N) is 1. The van der Waals surface area contributed by atoms with Gasteiger partial charge in [0.1, 0.15) is 18.5 Å². The number of hydrazine groups is 1. The number of nitrogens with two attached hydrogens (primary N) is 1. The zero-order chi connectivity index (χ0) is 22.4. The Bertz CT molecular complexity index is 915. The minimum atomic E-state index is -1.04. The summed E-state index contributed by atoms with van der Waals surface area (Å²) in [6, 6.07) is 12.0. The van der Waals surface area contributed by atoms with E-state index in [-0.39, 0.29) is 30.1 Å². The lowest BCUT2D eigenvalue weighted by molar-refractivity contribution is -0.146. The highest BCUT2D eigenvalue weighted by molar-refractivity contribution is 6.21. The molecule has 1 aliphatic heterocycles. The standard InChI is InChI=1S/C22H26ClFN4O3/c1-2-28-20(18(23)11-27-28)15-8-16(10-17(24)9-15)21(29)26-12-19(25)22(30)31-13-14-6-4-3-5-7-14/h3-10,18-20,27H,2,11-13,25H2,1H3,(H,26,29)/t18?,19-,20?/m1/s1. The largest absolute Gasteiger partial charge is 0.460 e. The van der Waals surface area contributed by atoms with Gasteiger partial charge in [0.15, 0.2) is 0 Å². The molecular formula is C22H26ClFN4O3. The van der Waals surface area contributed by atoms with Crippen LogP contribution in [0.1, 0.15) is 34.5 Å². The van der Waals surface area contributed by atoms with Gasteiger partial charge in [-0.15, -0.1) is 11.6 Å². The number of esters is 1. The number of nitrogens with one attached hydrogen (secondary N) is 2. The van der Waals surface area contributed by atoms with E-state index in [0.29, 0.717) is 18.7 Å². The van der Waals surface area contributed by atoms with Crippen LogP contribution in [0.15, 0.2) is 48.5 Å². The van der Waals surface area contributed by atoms with Gasteiger partial charge in [-0.25, -0.2) is 9.40 Å². The number of hydrogen-bond donors (Lipinski definition) is 3. The molecule has 1 aliphatic rings. The first-order chi connectivity index (χ1) is 14.9. The molecule has 2 unspecified atom stereocenters. The number of halogens is 2. The molecule has 2 aromatic rings. The van der Waals surface area contributed by atoms with E-state index < -0.39 is 23.7 Å². The Balaban J connectivity index is 1.58. The highest BCUT2D eigenvalue weighted by Crippen LogP contribution is 2.31. The van der Waals surface area contributed by atoms with Crippen molar-refractivity contribution in [3.63, 3.8) is 0 Å². The van der Waals surface area contributed by atoms with Gasteiger partial charge < -0.3 is 15.8 Å². The van der Waals surface area contributed by atoms with Crippen molar-refractivity contribution in [2.45, 2.75) is 31.0 Å². The number of ether oxygens (including phenoxy) is 1. The molecule has 2 aromatic carbocycles. The van der Waals surface area contributed by atoms with Crippen LogP contribution in [0.4, 0.5) is 4.39 Å². The molecule has 4 N–H and O–H groups in total. The fourth-order valence-electron chi connectivity index (χ4n) is 3.44. The van der Waals surface area contributed by atoms with Crippen molar-refractivity contribution in [1.29, 1.82) is 0 Å². The highest BCUT2D eigenvalue weighted by Gasteiger charge is 2.33. The minimum absolute atomic E-state index is 0.0948. The molecule has 166 valence electrons. The van der Waals surface area contributed by atoms with Crippen LogP contribution in [0.25, 0.3) is 0 Å².